The maximum absolute atomic E-state index is 13.8. The molecule has 0 radical (unpaired) electrons. The fourth-order valence-corrected chi connectivity index (χ4v) is 2.74. The van der Waals surface area contributed by atoms with Crippen molar-refractivity contribution >= 4 is 11.5 Å². The first kappa shape index (κ1) is 14.7. The first-order chi connectivity index (χ1) is 10.6. The molecule has 2 aromatic rings. The van der Waals surface area contributed by atoms with Crippen molar-refractivity contribution in [1.29, 1.82) is 0 Å². The van der Waals surface area contributed by atoms with E-state index in [0.29, 0.717) is 24.6 Å². The summed E-state index contributed by atoms with van der Waals surface area (Å²) in [6.07, 6.45) is 1.70. The summed E-state index contributed by atoms with van der Waals surface area (Å²) >= 11 is 0. The molecule has 1 aromatic heterocycles. The SMILES string of the molecule is Nc1cc(CN2CCN(c3ccc(F)cc3F)CC2)ccn1. The molecular formula is C16H18F2N4. The van der Waals surface area contributed by atoms with E-state index in [2.05, 4.69) is 9.88 Å². The van der Waals surface area contributed by atoms with Gasteiger partial charge in [-0.1, -0.05) is 0 Å². The fraction of sp³-hybridized carbons (Fsp3) is 0.312. The van der Waals surface area contributed by atoms with Crippen LogP contribution in [0.25, 0.3) is 0 Å². The second kappa shape index (κ2) is 6.27. The Labute approximate surface area is 128 Å². The summed E-state index contributed by atoms with van der Waals surface area (Å²) in [6, 6.07) is 7.55. The molecule has 1 saturated heterocycles. The lowest BCUT2D eigenvalue weighted by Gasteiger charge is -2.36. The van der Waals surface area contributed by atoms with E-state index in [1.54, 1.807) is 6.20 Å². The number of nitrogen functional groups attached to an aromatic ring is 1. The quantitative estimate of drug-likeness (QED) is 0.945. The number of nitrogens with two attached hydrogens (primary N) is 1. The molecule has 0 atom stereocenters. The number of hydrogen-bond donors (Lipinski definition) is 1. The minimum atomic E-state index is -0.546. The van der Waals surface area contributed by atoms with Gasteiger partial charge in [-0.05, 0) is 29.8 Å². The van der Waals surface area contributed by atoms with E-state index in [1.807, 2.05) is 17.0 Å². The second-order valence-electron chi connectivity index (χ2n) is 5.45. The number of pyridine rings is 1. The van der Waals surface area contributed by atoms with E-state index < -0.39 is 11.6 Å². The molecule has 1 aromatic carbocycles. The number of nitrogens with zero attached hydrogens (tertiary/aromatic N) is 3. The summed E-state index contributed by atoms with van der Waals surface area (Å²) in [6.45, 7) is 3.86. The van der Waals surface area contributed by atoms with Crippen molar-refractivity contribution in [3.05, 3.63) is 53.7 Å². The molecular weight excluding hydrogens is 286 g/mol. The Balaban J connectivity index is 1.60. The van der Waals surface area contributed by atoms with Crippen LogP contribution in [-0.2, 0) is 6.54 Å². The van der Waals surface area contributed by atoms with Crippen LogP contribution in [0.5, 0.6) is 0 Å². The summed E-state index contributed by atoms with van der Waals surface area (Å²) in [5.74, 6) is -0.532. The van der Waals surface area contributed by atoms with E-state index in [9.17, 15) is 8.78 Å². The van der Waals surface area contributed by atoms with Gasteiger partial charge >= 0.3 is 0 Å². The maximum Gasteiger partial charge on any atom is 0.149 e. The van der Waals surface area contributed by atoms with Crippen LogP contribution < -0.4 is 10.6 Å². The monoisotopic (exact) mass is 304 g/mol. The van der Waals surface area contributed by atoms with Crippen LogP contribution in [0.1, 0.15) is 5.56 Å². The highest BCUT2D eigenvalue weighted by Gasteiger charge is 2.19. The van der Waals surface area contributed by atoms with Gasteiger partial charge in [0, 0.05) is 45.0 Å². The predicted molar refractivity (Wildman–Crippen MR) is 82.5 cm³/mol. The maximum atomic E-state index is 13.8. The number of halogens is 2. The molecule has 0 aliphatic carbocycles. The van der Waals surface area contributed by atoms with Gasteiger partial charge in [-0.15, -0.1) is 0 Å². The Morgan fingerprint density at radius 2 is 1.82 bits per heavy atom. The van der Waals surface area contributed by atoms with Gasteiger partial charge in [0.05, 0.1) is 5.69 Å². The highest BCUT2D eigenvalue weighted by atomic mass is 19.1. The topological polar surface area (TPSA) is 45.4 Å². The van der Waals surface area contributed by atoms with Gasteiger partial charge < -0.3 is 10.6 Å². The molecule has 0 amide bonds. The van der Waals surface area contributed by atoms with Crippen LogP contribution in [-0.4, -0.2) is 36.1 Å². The third-order valence-corrected chi connectivity index (χ3v) is 3.87. The molecule has 2 heterocycles. The second-order valence-corrected chi connectivity index (χ2v) is 5.45. The van der Waals surface area contributed by atoms with Crippen LogP contribution in [0, 0.1) is 11.6 Å². The summed E-state index contributed by atoms with van der Waals surface area (Å²) in [7, 11) is 0. The van der Waals surface area contributed by atoms with Crippen molar-refractivity contribution in [3.63, 3.8) is 0 Å². The van der Waals surface area contributed by atoms with E-state index >= 15 is 0 Å². The summed E-state index contributed by atoms with van der Waals surface area (Å²) < 4.78 is 26.8. The van der Waals surface area contributed by atoms with Gasteiger partial charge in [-0.3, -0.25) is 4.90 Å². The third-order valence-electron chi connectivity index (χ3n) is 3.87. The molecule has 116 valence electrons. The lowest BCUT2D eigenvalue weighted by atomic mass is 10.2. The van der Waals surface area contributed by atoms with Crippen molar-refractivity contribution in [1.82, 2.24) is 9.88 Å². The van der Waals surface area contributed by atoms with E-state index in [4.69, 9.17) is 5.73 Å². The number of hydrogen-bond acceptors (Lipinski definition) is 4. The normalized spacial score (nSPS) is 16.0. The third kappa shape index (κ3) is 3.33. The van der Waals surface area contributed by atoms with Crippen molar-refractivity contribution in [2.75, 3.05) is 36.8 Å². The van der Waals surface area contributed by atoms with Crippen molar-refractivity contribution in [2.24, 2.45) is 0 Å². The molecule has 1 fully saturated rings. The van der Waals surface area contributed by atoms with Gasteiger partial charge in [0.15, 0.2) is 0 Å². The van der Waals surface area contributed by atoms with Gasteiger partial charge in [0.25, 0.3) is 0 Å². The Bertz CT molecular complexity index is 654. The van der Waals surface area contributed by atoms with Crippen molar-refractivity contribution in [2.45, 2.75) is 6.54 Å². The van der Waals surface area contributed by atoms with E-state index in [1.165, 1.54) is 12.1 Å². The van der Waals surface area contributed by atoms with Crippen LogP contribution in [0.3, 0.4) is 0 Å². The number of benzene rings is 1. The number of anilines is 2. The van der Waals surface area contributed by atoms with Crippen LogP contribution >= 0.6 is 0 Å². The lowest BCUT2D eigenvalue weighted by molar-refractivity contribution is 0.249. The zero-order valence-corrected chi connectivity index (χ0v) is 12.2. The molecule has 4 nitrogen and oxygen atoms in total. The average Bonchev–Trinajstić information content (AvgIpc) is 2.48. The Kier molecular flexibility index (Phi) is 4.20. The molecule has 6 heteroatoms. The van der Waals surface area contributed by atoms with Crippen LogP contribution in [0.4, 0.5) is 20.3 Å². The minimum Gasteiger partial charge on any atom is -0.384 e. The van der Waals surface area contributed by atoms with Crippen LogP contribution in [0.2, 0.25) is 0 Å². The first-order valence-electron chi connectivity index (χ1n) is 7.24. The Morgan fingerprint density at radius 1 is 1.05 bits per heavy atom. The number of aromatic nitrogens is 1. The largest absolute Gasteiger partial charge is 0.384 e. The van der Waals surface area contributed by atoms with Crippen molar-refractivity contribution in [3.8, 4) is 0 Å². The molecule has 1 aliphatic rings. The standard InChI is InChI=1S/C16H18F2N4/c17-13-1-2-15(14(18)10-13)22-7-5-21(6-8-22)11-12-3-4-20-16(19)9-12/h1-4,9-10H,5-8,11H2,(H2,19,20). The Morgan fingerprint density at radius 3 is 2.50 bits per heavy atom. The average molecular weight is 304 g/mol. The van der Waals surface area contributed by atoms with Gasteiger partial charge in [0.1, 0.15) is 17.5 Å². The molecule has 0 bridgehead atoms. The molecule has 3 rings (SSSR count). The predicted octanol–water partition coefficient (Wildman–Crippen LogP) is 2.26. The van der Waals surface area contributed by atoms with Gasteiger partial charge in [-0.25, -0.2) is 13.8 Å². The zero-order valence-electron chi connectivity index (χ0n) is 12.2. The summed E-state index contributed by atoms with van der Waals surface area (Å²) in [5.41, 5.74) is 7.27. The summed E-state index contributed by atoms with van der Waals surface area (Å²) in [5, 5.41) is 0. The van der Waals surface area contributed by atoms with Gasteiger partial charge in [-0.2, -0.15) is 0 Å². The van der Waals surface area contributed by atoms with Gasteiger partial charge in [0.2, 0.25) is 0 Å². The van der Waals surface area contributed by atoms with E-state index in [0.717, 1.165) is 31.3 Å². The first-order valence-corrected chi connectivity index (χ1v) is 7.24. The molecule has 2 N–H and O–H groups in total. The minimum absolute atomic E-state index is 0.467. The summed E-state index contributed by atoms with van der Waals surface area (Å²) in [4.78, 5) is 8.22. The molecule has 22 heavy (non-hydrogen) atoms. The molecule has 0 spiro atoms. The molecule has 1 aliphatic heterocycles. The lowest BCUT2D eigenvalue weighted by Crippen LogP contribution is -2.46. The molecule has 0 unspecified atom stereocenters. The van der Waals surface area contributed by atoms with E-state index in [-0.39, 0.29) is 0 Å². The van der Waals surface area contributed by atoms with Crippen molar-refractivity contribution < 1.29 is 8.78 Å². The highest BCUT2D eigenvalue weighted by molar-refractivity contribution is 5.48. The van der Waals surface area contributed by atoms with Crippen LogP contribution in [0.15, 0.2) is 36.5 Å². The zero-order chi connectivity index (χ0) is 15.5. The number of rotatable bonds is 3. The molecule has 0 saturated carbocycles. The smallest absolute Gasteiger partial charge is 0.149 e. The highest BCUT2D eigenvalue weighted by Crippen LogP contribution is 2.22. The Hall–Kier alpha value is -2.21. The fourth-order valence-electron chi connectivity index (χ4n) is 2.74. The number of piperazine rings is 1.